The Kier molecular flexibility index (Phi) is 2.98. The molecule has 0 saturated carbocycles. The second kappa shape index (κ2) is 3.58. The number of halogens is 2. The average molecular weight is 227 g/mol. The van der Waals surface area contributed by atoms with Gasteiger partial charge in [0.05, 0.1) is 0 Å². The third kappa shape index (κ3) is 2.13. The summed E-state index contributed by atoms with van der Waals surface area (Å²) in [7, 11) is 0. The molecule has 0 spiro atoms. The van der Waals surface area contributed by atoms with E-state index in [4.69, 9.17) is 11.6 Å². The molecule has 1 saturated heterocycles. The summed E-state index contributed by atoms with van der Waals surface area (Å²) in [5.41, 5.74) is -0.163. The van der Waals surface area contributed by atoms with Gasteiger partial charge in [-0.05, 0) is 12.3 Å². The van der Waals surface area contributed by atoms with E-state index in [9.17, 15) is 4.79 Å². The van der Waals surface area contributed by atoms with E-state index in [-0.39, 0.29) is 11.4 Å². The third-order valence-electron chi connectivity index (χ3n) is 1.55. The normalized spacial score (nSPS) is 33.6. The molecule has 0 bridgehead atoms. The zero-order valence-corrected chi connectivity index (χ0v) is 7.78. The van der Waals surface area contributed by atoms with E-state index in [2.05, 4.69) is 21.2 Å². The fourth-order valence-electron chi connectivity index (χ4n) is 1.05. The maximum Gasteiger partial charge on any atom is 0.221 e. The van der Waals surface area contributed by atoms with Gasteiger partial charge in [-0.3, -0.25) is 4.79 Å². The van der Waals surface area contributed by atoms with Crippen molar-refractivity contribution in [2.24, 2.45) is 5.92 Å². The van der Waals surface area contributed by atoms with Crippen LogP contribution in [0.4, 0.5) is 0 Å². The molecule has 0 radical (unpaired) electrons. The zero-order valence-electron chi connectivity index (χ0n) is 5.44. The summed E-state index contributed by atoms with van der Waals surface area (Å²) in [6, 6.07) is 0. The van der Waals surface area contributed by atoms with Crippen molar-refractivity contribution in [1.82, 2.24) is 5.32 Å². The minimum atomic E-state index is -0.163. The Morgan fingerprint density at radius 1 is 1.80 bits per heavy atom. The molecule has 1 amide bonds. The molecule has 0 aromatic rings. The van der Waals surface area contributed by atoms with Crippen LogP contribution in [0.3, 0.4) is 0 Å². The smallest absolute Gasteiger partial charge is 0.221 e. The van der Waals surface area contributed by atoms with Gasteiger partial charge < -0.3 is 5.32 Å². The number of carbonyl (C=O) groups is 1. The second-order valence-electron chi connectivity index (χ2n) is 2.50. The van der Waals surface area contributed by atoms with Gasteiger partial charge in [-0.15, -0.1) is 0 Å². The van der Waals surface area contributed by atoms with Gasteiger partial charge in [-0.2, -0.15) is 0 Å². The van der Waals surface area contributed by atoms with Crippen LogP contribution in [0.25, 0.3) is 0 Å². The summed E-state index contributed by atoms with van der Waals surface area (Å²) in [6.07, 6.45) is 1.48. The quantitative estimate of drug-likeness (QED) is 0.532. The van der Waals surface area contributed by atoms with Gasteiger partial charge in [0.2, 0.25) is 5.91 Å². The maximum absolute atomic E-state index is 10.8. The van der Waals surface area contributed by atoms with E-state index in [1.807, 2.05) is 0 Å². The van der Waals surface area contributed by atoms with Crippen molar-refractivity contribution in [1.29, 1.82) is 0 Å². The van der Waals surface area contributed by atoms with Gasteiger partial charge in [-0.25, -0.2) is 0 Å². The molecular weight excluding hydrogens is 217 g/mol. The molecule has 1 aliphatic heterocycles. The molecule has 1 rings (SSSR count). The topological polar surface area (TPSA) is 29.1 Å². The molecule has 2 unspecified atom stereocenters. The Labute approximate surface area is 73.4 Å². The van der Waals surface area contributed by atoms with Crippen molar-refractivity contribution in [3.8, 4) is 0 Å². The molecule has 1 N–H and O–H groups in total. The molecule has 2 atom stereocenters. The SMILES string of the molecule is O=C1CC(CBr)CC(Cl)N1. The Bertz CT molecular complexity index is 142. The van der Waals surface area contributed by atoms with E-state index in [1.165, 1.54) is 0 Å². The van der Waals surface area contributed by atoms with Crippen LogP contribution in [-0.4, -0.2) is 16.7 Å². The van der Waals surface area contributed by atoms with Crippen LogP contribution in [0.15, 0.2) is 0 Å². The number of nitrogens with one attached hydrogen (secondary N) is 1. The van der Waals surface area contributed by atoms with E-state index in [0.29, 0.717) is 12.3 Å². The number of carbonyl (C=O) groups excluding carboxylic acids is 1. The summed E-state index contributed by atoms with van der Waals surface area (Å²) in [4.78, 5) is 10.8. The molecular formula is C6H9BrClNO. The summed E-state index contributed by atoms with van der Waals surface area (Å²) in [6.45, 7) is 0. The molecule has 0 aromatic heterocycles. The first-order chi connectivity index (χ1) is 4.72. The molecule has 1 heterocycles. The standard InChI is InChI=1S/C6H9BrClNO/c7-3-4-1-5(8)9-6(10)2-4/h4-5H,1-3H2,(H,9,10). The van der Waals surface area contributed by atoms with E-state index in [0.717, 1.165) is 11.8 Å². The van der Waals surface area contributed by atoms with Gasteiger partial charge in [0.15, 0.2) is 0 Å². The minimum absolute atomic E-state index is 0.0655. The number of alkyl halides is 2. The summed E-state index contributed by atoms with van der Waals surface area (Å²) < 4.78 is 0. The van der Waals surface area contributed by atoms with Crippen LogP contribution >= 0.6 is 27.5 Å². The van der Waals surface area contributed by atoms with Crippen LogP contribution < -0.4 is 5.32 Å². The zero-order chi connectivity index (χ0) is 7.56. The summed E-state index contributed by atoms with van der Waals surface area (Å²) in [5.74, 6) is 0.479. The third-order valence-corrected chi connectivity index (χ3v) is 2.75. The fraction of sp³-hybridized carbons (Fsp3) is 0.833. The van der Waals surface area contributed by atoms with Crippen molar-refractivity contribution in [2.75, 3.05) is 5.33 Å². The molecule has 2 nitrogen and oxygen atoms in total. The van der Waals surface area contributed by atoms with Crippen LogP contribution in [0.2, 0.25) is 0 Å². The molecule has 10 heavy (non-hydrogen) atoms. The van der Waals surface area contributed by atoms with Crippen molar-refractivity contribution in [3.05, 3.63) is 0 Å². The number of hydrogen-bond acceptors (Lipinski definition) is 1. The Balaban J connectivity index is 2.42. The molecule has 0 aromatic carbocycles. The fourth-order valence-corrected chi connectivity index (χ4v) is 1.92. The molecule has 1 aliphatic rings. The lowest BCUT2D eigenvalue weighted by Gasteiger charge is -2.24. The maximum atomic E-state index is 10.8. The van der Waals surface area contributed by atoms with Gasteiger partial charge in [0.1, 0.15) is 5.50 Å². The van der Waals surface area contributed by atoms with Crippen molar-refractivity contribution >= 4 is 33.4 Å². The molecule has 0 aliphatic carbocycles. The lowest BCUT2D eigenvalue weighted by atomic mass is 10.0. The summed E-state index contributed by atoms with van der Waals surface area (Å²) in [5, 5.41) is 3.51. The number of rotatable bonds is 1. The first-order valence-corrected chi connectivity index (χ1v) is 4.77. The number of amides is 1. The van der Waals surface area contributed by atoms with E-state index < -0.39 is 0 Å². The van der Waals surface area contributed by atoms with Gasteiger partial charge >= 0.3 is 0 Å². The van der Waals surface area contributed by atoms with Crippen molar-refractivity contribution in [2.45, 2.75) is 18.3 Å². The lowest BCUT2D eigenvalue weighted by Crippen LogP contribution is -2.39. The number of piperidine rings is 1. The average Bonchev–Trinajstić information content (AvgIpc) is 1.85. The Hall–Kier alpha value is 0.240. The summed E-state index contributed by atoms with van der Waals surface area (Å²) >= 11 is 9.06. The largest absolute Gasteiger partial charge is 0.340 e. The molecule has 4 heteroatoms. The Morgan fingerprint density at radius 2 is 2.50 bits per heavy atom. The van der Waals surface area contributed by atoms with Gasteiger partial charge in [0, 0.05) is 11.8 Å². The van der Waals surface area contributed by atoms with Crippen molar-refractivity contribution in [3.63, 3.8) is 0 Å². The second-order valence-corrected chi connectivity index (χ2v) is 3.67. The van der Waals surface area contributed by atoms with Crippen LogP contribution in [0.5, 0.6) is 0 Å². The highest BCUT2D eigenvalue weighted by Gasteiger charge is 2.23. The minimum Gasteiger partial charge on any atom is -0.340 e. The van der Waals surface area contributed by atoms with Crippen molar-refractivity contribution < 1.29 is 4.79 Å². The first kappa shape index (κ1) is 8.34. The highest BCUT2D eigenvalue weighted by atomic mass is 79.9. The van der Waals surface area contributed by atoms with Crippen LogP contribution in [0.1, 0.15) is 12.8 Å². The van der Waals surface area contributed by atoms with Gasteiger partial charge in [0.25, 0.3) is 0 Å². The highest BCUT2D eigenvalue weighted by molar-refractivity contribution is 9.09. The molecule has 58 valence electrons. The predicted molar refractivity (Wildman–Crippen MR) is 44.3 cm³/mol. The van der Waals surface area contributed by atoms with E-state index in [1.54, 1.807) is 0 Å². The predicted octanol–water partition coefficient (Wildman–Crippen LogP) is 1.47. The van der Waals surface area contributed by atoms with Gasteiger partial charge in [-0.1, -0.05) is 27.5 Å². The molecule has 1 fully saturated rings. The number of hydrogen-bond donors (Lipinski definition) is 1. The van der Waals surface area contributed by atoms with E-state index >= 15 is 0 Å². The highest BCUT2D eigenvalue weighted by Crippen LogP contribution is 2.20. The monoisotopic (exact) mass is 225 g/mol. The Morgan fingerprint density at radius 3 is 3.00 bits per heavy atom. The lowest BCUT2D eigenvalue weighted by molar-refractivity contribution is -0.123. The van der Waals surface area contributed by atoms with Crippen LogP contribution in [0, 0.1) is 5.92 Å². The van der Waals surface area contributed by atoms with Crippen LogP contribution in [-0.2, 0) is 4.79 Å². The first-order valence-electron chi connectivity index (χ1n) is 3.21.